The molecule has 2 aromatic heterocycles. The molecule has 0 spiro atoms. The van der Waals surface area contributed by atoms with Crippen molar-refractivity contribution in [3.05, 3.63) is 94.4 Å². The van der Waals surface area contributed by atoms with E-state index in [1.165, 1.54) is 6.07 Å². The van der Waals surface area contributed by atoms with Crippen molar-refractivity contribution in [3.63, 3.8) is 0 Å². The van der Waals surface area contributed by atoms with Crippen LogP contribution in [0, 0.1) is 5.41 Å². The molecule has 0 atom stereocenters. The first kappa shape index (κ1) is 27.2. The number of benzene rings is 3. The van der Waals surface area contributed by atoms with E-state index in [2.05, 4.69) is 15.5 Å². The number of carbonyl (C=O) groups excluding carboxylic acids is 1. The van der Waals surface area contributed by atoms with Gasteiger partial charge in [-0.2, -0.15) is 0 Å². The molecular weight excluding hydrogens is 532 g/mol. The number of carboxylic acids is 2. The third-order valence-corrected chi connectivity index (χ3v) is 6.87. The van der Waals surface area contributed by atoms with Crippen molar-refractivity contribution >= 4 is 39.6 Å². The van der Waals surface area contributed by atoms with E-state index in [4.69, 9.17) is 9.26 Å². The minimum absolute atomic E-state index is 0.203. The number of aryl methyl sites for hydroxylation is 1. The lowest BCUT2D eigenvalue weighted by atomic mass is 9.79. The molecule has 12 nitrogen and oxygen atoms in total. The lowest BCUT2D eigenvalue weighted by Gasteiger charge is -2.23. The van der Waals surface area contributed by atoms with Crippen LogP contribution in [0.2, 0.25) is 0 Å². The van der Waals surface area contributed by atoms with Crippen LogP contribution in [0.25, 0.3) is 21.9 Å². The number of aliphatic carboxylic acids is 2. The van der Waals surface area contributed by atoms with Gasteiger partial charge in [-0.3, -0.25) is 19.2 Å². The molecule has 0 aliphatic heterocycles. The Balaban J connectivity index is 1.33. The summed E-state index contributed by atoms with van der Waals surface area (Å²) in [4.78, 5) is 50.6. The zero-order chi connectivity index (χ0) is 29.0. The Labute approximate surface area is 231 Å². The molecule has 3 aromatic carbocycles. The van der Waals surface area contributed by atoms with Crippen molar-refractivity contribution in [2.24, 2.45) is 5.41 Å². The highest BCUT2D eigenvalue weighted by molar-refractivity contribution is 6.10. The average molecular weight is 557 g/mol. The molecule has 208 valence electrons. The highest BCUT2D eigenvalue weighted by atomic mass is 16.5. The van der Waals surface area contributed by atoms with Crippen LogP contribution in [0.1, 0.15) is 28.9 Å². The molecule has 5 rings (SSSR count). The van der Waals surface area contributed by atoms with Crippen LogP contribution < -0.4 is 10.3 Å². The number of carboxylic acid groups (broad SMARTS) is 2. The van der Waals surface area contributed by atoms with Gasteiger partial charge >= 0.3 is 11.9 Å². The first-order valence-electron chi connectivity index (χ1n) is 12.7. The molecule has 5 aromatic rings. The van der Waals surface area contributed by atoms with Crippen LogP contribution >= 0.6 is 0 Å². The van der Waals surface area contributed by atoms with Crippen LogP contribution in [0.3, 0.4) is 0 Å². The normalized spacial score (nSPS) is 11.5. The Kier molecular flexibility index (Phi) is 7.55. The number of ketones is 1. The summed E-state index contributed by atoms with van der Waals surface area (Å²) in [5, 5.41) is 31.9. The summed E-state index contributed by atoms with van der Waals surface area (Å²) < 4.78 is 11.9. The van der Waals surface area contributed by atoms with Gasteiger partial charge in [-0.25, -0.2) is 4.68 Å². The topological polar surface area (TPSA) is 175 Å². The summed E-state index contributed by atoms with van der Waals surface area (Å²) >= 11 is 0. The first-order chi connectivity index (χ1) is 19.8. The van der Waals surface area contributed by atoms with Crippen molar-refractivity contribution in [2.75, 3.05) is 6.61 Å². The molecule has 0 aliphatic carbocycles. The summed E-state index contributed by atoms with van der Waals surface area (Å²) in [6, 6.07) is 20.9. The van der Waals surface area contributed by atoms with E-state index in [-0.39, 0.29) is 22.0 Å². The summed E-state index contributed by atoms with van der Waals surface area (Å²) in [5.74, 6) is -3.83. The molecule has 0 saturated heterocycles. The number of carbonyl (C=O) groups is 3. The molecule has 0 unspecified atom stereocenters. The zero-order valence-electron chi connectivity index (χ0n) is 21.6. The van der Waals surface area contributed by atoms with Gasteiger partial charge in [-0.1, -0.05) is 52.8 Å². The second-order valence-electron chi connectivity index (χ2n) is 9.45. The highest BCUT2D eigenvalue weighted by Crippen LogP contribution is 2.32. The maximum Gasteiger partial charge on any atom is 0.321 e. The van der Waals surface area contributed by atoms with Gasteiger partial charge in [-0.05, 0) is 36.2 Å². The summed E-state index contributed by atoms with van der Waals surface area (Å²) in [6.07, 6.45) is -0.849. The van der Waals surface area contributed by atoms with E-state index < -0.39 is 48.1 Å². The monoisotopic (exact) mass is 556 g/mol. The van der Waals surface area contributed by atoms with Crippen molar-refractivity contribution in [1.82, 2.24) is 20.2 Å². The third-order valence-electron chi connectivity index (χ3n) is 6.87. The quantitative estimate of drug-likeness (QED) is 0.170. The second kappa shape index (κ2) is 11.4. The van der Waals surface area contributed by atoms with E-state index in [1.807, 2.05) is 30.3 Å². The van der Waals surface area contributed by atoms with Crippen molar-refractivity contribution < 1.29 is 33.9 Å². The molecule has 0 saturated carbocycles. The summed E-state index contributed by atoms with van der Waals surface area (Å²) in [6.45, 7) is 0.00561. The fraction of sp³-hybridized carbons (Fsp3) is 0.207. The van der Waals surface area contributed by atoms with E-state index in [1.54, 1.807) is 36.4 Å². The Morgan fingerprint density at radius 2 is 1.66 bits per heavy atom. The molecule has 12 heteroatoms. The van der Waals surface area contributed by atoms with Gasteiger partial charge in [0.25, 0.3) is 5.56 Å². The molecule has 2 N–H and O–H groups in total. The van der Waals surface area contributed by atoms with Crippen molar-refractivity contribution in [1.29, 1.82) is 0 Å². The van der Waals surface area contributed by atoms with Crippen LogP contribution in [-0.4, -0.2) is 54.7 Å². The van der Waals surface area contributed by atoms with Gasteiger partial charge in [-0.15, -0.1) is 5.10 Å². The summed E-state index contributed by atoms with van der Waals surface area (Å²) in [7, 11) is 0. The predicted molar refractivity (Wildman–Crippen MR) is 145 cm³/mol. The van der Waals surface area contributed by atoms with Crippen molar-refractivity contribution in [2.45, 2.75) is 25.8 Å². The smallest absolute Gasteiger partial charge is 0.321 e. The average Bonchev–Trinajstić information content (AvgIpc) is 3.40. The Morgan fingerprint density at radius 3 is 2.41 bits per heavy atom. The largest absolute Gasteiger partial charge is 0.493 e. The van der Waals surface area contributed by atoms with Gasteiger partial charge in [0.05, 0.1) is 17.4 Å². The number of rotatable bonds is 12. The maximum absolute atomic E-state index is 13.2. The minimum Gasteiger partial charge on any atom is -0.493 e. The third kappa shape index (κ3) is 5.53. The SMILES string of the molecule is O=C(CC(CCn1nnc2ccccc2c1=O)(C(=O)O)C(=O)O)c1noc2cc(OCCc3ccccc3)ccc12. The Bertz CT molecular complexity index is 1800. The van der Waals surface area contributed by atoms with Crippen LogP contribution in [0.15, 0.2) is 82.1 Å². The standard InChI is InChI=1S/C29H24N4O8/c34-23(25-21-11-10-19(16-24(21)41-31-25)40-15-12-18-6-2-1-3-7-18)17-29(27(36)37,28(38)39)13-14-33-26(35)20-8-4-5-9-22(20)30-32-33/h1-11,16H,12-15,17H2,(H,36,37)(H,38,39). The van der Waals surface area contributed by atoms with Gasteiger partial charge in [0.15, 0.2) is 22.5 Å². The van der Waals surface area contributed by atoms with Crippen molar-refractivity contribution in [3.8, 4) is 5.75 Å². The van der Waals surface area contributed by atoms with Gasteiger partial charge < -0.3 is 19.5 Å². The fourth-order valence-corrected chi connectivity index (χ4v) is 4.51. The minimum atomic E-state index is -2.56. The maximum atomic E-state index is 13.2. The lowest BCUT2D eigenvalue weighted by molar-refractivity contribution is -0.165. The van der Waals surface area contributed by atoms with Crippen LogP contribution in [-0.2, 0) is 22.6 Å². The van der Waals surface area contributed by atoms with Crippen LogP contribution in [0.5, 0.6) is 5.75 Å². The number of fused-ring (bicyclic) bond motifs is 2. The number of aromatic nitrogens is 4. The molecule has 41 heavy (non-hydrogen) atoms. The number of Topliss-reactive ketones (excluding diaryl/α,β-unsaturated/α-hetero) is 1. The molecule has 0 amide bonds. The zero-order valence-corrected chi connectivity index (χ0v) is 21.6. The number of ether oxygens (including phenoxy) is 1. The summed E-state index contributed by atoms with van der Waals surface area (Å²) in [5.41, 5.74) is -1.65. The van der Waals surface area contributed by atoms with E-state index in [0.717, 1.165) is 10.2 Å². The van der Waals surface area contributed by atoms with E-state index in [0.29, 0.717) is 24.3 Å². The number of nitrogens with zero attached hydrogens (tertiary/aromatic N) is 4. The predicted octanol–water partition coefficient (Wildman–Crippen LogP) is 3.37. The Hall–Kier alpha value is -5.39. The molecule has 0 fully saturated rings. The molecule has 0 radical (unpaired) electrons. The first-order valence-corrected chi connectivity index (χ1v) is 12.7. The molecule has 0 aliphatic rings. The second-order valence-corrected chi connectivity index (χ2v) is 9.45. The lowest BCUT2D eigenvalue weighted by Crippen LogP contribution is -2.43. The van der Waals surface area contributed by atoms with E-state index in [9.17, 15) is 29.4 Å². The molecule has 0 bridgehead atoms. The van der Waals surface area contributed by atoms with Crippen LogP contribution in [0.4, 0.5) is 0 Å². The highest BCUT2D eigenvalue weighted by Gasteiger charge is 2.49. The van der Waals surface area contributed by atoms with Gasteiger partial charge in [0.1, 0.15) is 11.3 Å². The fourth-order valence-electron chi connectivity index (χ4n) is 4.51. The molecular formula is C29H24N4O8. The number of hydrogen-bond donors (Lipinski definition) is 2. The Morgan fingerprint density at radius 1 is 0.927 bits per heavy atom. The molecule has 2 heterocycles. The number of hydrogen-bond acceptors (Lipinski definition) is 9. The van der Waals surface area contributed by atoms with Gasteiger partial charge in [0.2, 0.25) is 0 Å². The van der Waals surface area contributed by atoms with E-state index >= 15 is 0 Å². The van der Waals surface area contributed by atoms with Gasteiger partial charge in [0, 0.05) is 25.5 Å².